The summed E-state index contributed by atoms with van der Waals surface area (Å²) in [5.74, 6) is 0.591. The lowest BCUT2D eigenvalue weighted by Crippen LogP contribution is -1.92. The first-order chi connectivity index (χ1) is 10.8. The molecule has 3 nitrogen and oxygen atoms in total. The second kappa shape index (κ2) is 7.90. The van der Waals surface area contributed by atoms with E-state index in [1.807, 2.05) is 54.6 Å². The number of aliphatic hydroxyl groups is 1. The fourth-order valence-corrected chi connectivity index (χ4v) is 2.40. The molecule has 0 radical (unpaired) electrons. The van der Waals surface area contributed by atoms with E-state index in [0.29, 0.717) is 15.9 Å². The fraction of sp³-hybridized carbons (Fsp3) is 0.0588. The van der Waals surface area contributed by atoms with E-state index in [-0.39, 0.29) is 0 Å². The zero-order valence-electron chi connectivity index (χ0n) is 11.9. The molecule has 1 heterocycles. The van der Waals surface area contributed by atoms with Crippen LogP contribution in [-0.4, -0.2) is 22.2 Å². The van der Waals surface area contributed by atoms with Crippen LogP contribution in [0.25, 0.3) is 22.6 Å². The minimum atomic E-state index is 0.591. The highest BCUT2D eigenvalue weighted by atomic mass is 35.5. The van der Waals surface area contributed by atoms with Crippen LogP contribution in [0.2, 0.25) is 10.0 Å². The van der Waals surface area contributed by atoms with Crippen LogP contribution in [0.1, 0.15) is 0 Å². The Balaban J connectivity index is 0.000000847. The van der Waals surface area contributed by atoms with E-state index in [9.17, 15) is 0 Å². The van der Waals surface area contributed by atoms with E-state index in [0.717, 1.165) is 23.9 Å². The number of halogens is 2. The summed E-state index contributed by atoms with van der Waals surface area (Å²) >= 11 is 12.4. The molecule has 3 aromatic rings. The Morgan fingerprint density at radius 2 is 1.32 bits per heavy atom. The molecule has 0 bridgehead atoms. The summed E-state index contributed by atoms with van der Waals surface area (Å²) in [6.07, 6.45) is 1.71. The molecule has 1 aromatic heterocycles. The Kier molecular flexibility index (Phi) is 5.90. The van der Waals surface area contributed by atoms with Crippen LogP contribution < -0.4 is 0 Å². The van der Waals surface area contributed by atoms with Gasteiger partial charge >= 0.3 is 0 Å². The molecule has 5 heteroatoms. The molecule has 0 saturated carbocycles. The van der Waals surface area contributed by atoms with Gasteiger partial charge in [-0.15, -0.1) is 0 Å². The first-order valence-corrected chi connectivity index (χ1v) is 7.29. The van der Waals surface area contributed by atoms with Gasteiger partial charge in [0.25, 0.3) is 0 Å². The van der Waals surface area contributed by atoms with Gasteiger partial charge in [0.1, 0.15) is 0 Å². The molecule has 2 aromatic carbocycles. The standard InChI is InChI=1S/C16H10Cl2N2.CH4O/c17-13-7-3-1-5-11(13)15-9-10-19-16(20-15)12-6-2-4-8-14(12)18;1-2/h1-10H;2H,1H3. The molecule has 112 valence electrons. The van der Waals surface area contributed by atoms with Crippen molar-refractivity contribution in [3.05, 3.63) is 70.8 Å². The lowest BCUT2D eigenvalue weighted by molar-refractivity contribution is 0.399. The zero-order chi connectivity index (χ0) is 15.9. The van der Waals surface area contributed by atoms with Gasteiger partial charge in [0.2, 0.25) is 0 Å². The molecule has 0 atom stereocenters. The molecule has 22 heavy (non-hydrogen) atoms. The van der Waals surface area contributed by atoms with Gasteiger partial charge in [0, 0.05) is 29.5 Å². The molecule has 1 N–H and O–H groups in total. The van der Waals surface area contributed by atoms with E-state index >= 15 is 0 Å². The van der Waals surface area contributed by atoms with E-state index in [4.69, 9.17) is 28.3 Å². The van der Waals surface area contributed by atoms with Gasteiger partial charge in [0.15, 0.2) is 5.82 Å². The van der Waals surface area contributed by atoms with Crippen molar-refractivity contribution in [1.82, 2.24) is 9.97 Å². The minimum Gasteiger partial charge on any atom is -0.400 e. The lowest BCUT2D eigenvalue weighted by atomic mass is 10.1. The second-order valence-corrected chi connectivity index (χ2v) is 5.04. The highest BCUT2D eigenvalue weighted by Crippen LogP contribution is 2.29. The molecule has 0 aliphatic carbocycles. The predicted octanol–water partition coefficient (Wildman–Crippen LogP) is 4.73. The quantitative estimate of drug-likeness (QED) is 0.738. The SMILES string of the molecule is CO.Clc1ccccc1-c1ccnc(-c2ccccc2Cl)n1. The lowest BCUT2D eigenvalue weighted by Gasteiger charge is -2.06. The highest BCUT2D eigenvalue weighted by molar-refractivity contribution is 6.33. The van der Waals surface area contributed by atoms with E-state index < -0.39 is 0 Å². The number of hydrogen-bond donors (Lipinski definition) is 1. The summed E-state index contributed by atoms with van der Waals surface area (Å²) in [4.78, 5) is 8.84. The summed E-state index contributed by atoms with van der Waals surface area (Å²) in [5, 5.41) is 8.29. The fourth-order valence-electron chi connectivity index (χ4n) is 1.95. The normalized spacial score (nSPS) is 9.82. The summed E-state index contributed by atoms with van der Waals surface area (Å²) in [6, 6.07) is 16.9. The van der Waals surface area contributed by atoms with Gasteiger partial charge in [-0.3, -0.25) is 0 Å². The predicted molar refractivity (Wildman–Crippen MR) is 91.1 cm³/mol. The molecule has 0 spiro atoms. The molecule has 0 fully saturated rings. The van der Waals surface area contributed by atoms with Gasteiger partial charge < -0.3 is 5.11 Å². The average molecular weight is 333 g/mol. The Bertz CT molecular complexity index is 702. The maximum absolute atomic E-state index is 7.00. The van der Waals surface area contributed by atoms with Crippen molar-refractivity contribution in [2.24, 2.45) is 0 Å². The van der Waals surface area contributed by atoms with Gasteiger partial charge in [-0.2, -0.15) is 0 Å². The second-order valence-electron chi connectivity index (χ2n) is 4.23. The van der Waals surface area contributed by atoms with Crippen LogP contribution in [0.3, 0.4) is 0 Å². The van der Waals surface area contributed by atoms with Crippen molar-refractivity contribution in [2.45, 2.75) is 0 Å². The third-order valence-corrected chi connectivity index (χ3v) is 3.58. The van der Waals surface area contributed by atoms with Crippen LogP contribution in [-0.2, 0) is 0 Å². The van der Waals surface area contributed by atoms with Crippen molar-refractivity contribution in [1.29, 1.82) is 0 Å². The van der Waals surface area contributed by atoms with E-state index in [1.165, 1.54) is 0 Å². The largest absolute Gasteiger partial charge is 0.400 e. The molecule has 0 amide bonds. The Morgan fingerprint density at radius 3 is 1.91 bits per heavy atom. The summed E-state index contributed by atoms with van der Waals surface area (Å²) < 4.78 is 0. The van der Waals surface area contributed by atoms with Crippen LogP contribution in [0, 0.1) is 0 Å². The average Bonchev–Trinajstić information content (AvgIpc) is 2.58. The maximum Gasteiger partial charge on any atom is 0.161 e. The number of nitrogens with zero attached hydrogens (tertiary/aromatic N) is 2. The smallest absolute Gasteiger partial charge is 0.161 e. The third-order valence-electron chi connectivity index (χ3n) is 2.92. The van der Waals surface area contributed by atoms with Crippen LogP contribution >= 0.6 is 23.2 Å². The Hall–Kier alpha value is -1.94. The van der Waals surface area contributed by atoms with Gasteiger partial charge in [-0.25, -0.2) is 9.97 Å². The van der Waals surface area contributed by atoms with Gasteiger partial charge in [-0.05, 0) is 24.3 Å². The molecule has 0 aliphatic rings. The van der Waals surface area contributed by atoms with Crippen molar-refractivity contribution >= 4 is 23.2 Å². The number of hydrogen-bond acceptors (Lipinski definition) is 3. The van der Waals surface area contributed by atoms with Crippen molar-refractivity contribution < 1.29 is 5.11 Å². The summed E-state index contributed by atoms with van der Waals surface area (Å²) in [6.45, 7) is 0. The summed E-state index contributed by atoms with van der Waals surface area (Å²) in [7, 11) is 1.00. The molecular weight excluding hydrogens is 319 g/mol. The zero-order valence-corrected chi connectivity index (χ0v) is 13.4. The molecule has 0 aliphatic heterocycles. The molecule has 0 saturated heterocycles. The van der Waals surface area contributed by atoms with Crippen molar-refractivity contribution in [3.63, 3.8) is 0 Å². The van der Waals surface area contributed by atoms with Crippen molar-refractivity contribution in [3.8, 4) is 22.6 Å². The van der Waals surface area contributed by atoms with E-state index in [2.05, 4.69) is 9.97 Å². The monoisotopic (exact) mass is 332 g/mol. The van der Waals surface area contributed by atoms with Gasteiger partial charge in [-0.1, -0.05) is 53.5 Å². The van der Waals surface area contributed by atoms with Crippen LogP contribution in [0.4, 0.5) is 0 Å². The Labute approximate surface area is 139 Å². The van der Waals surface area contributed by atoms with Crippen LogP contribution in [0.5, 0.6) is 0 Å². The highest BCUT2D eigenvalue weighted by Gasteiger charge is 2.09. The van der Waals surface area contributed by atoms with Crippen LogP contribution in [0.15, 0.2) is 60.8 Å². The van der Waals surface area contributed by atoms with Crippen molar-refractivity contribution in [2.75, 3.05) is 7.11 Å². The first-order valence-electron chi connectivity index (χ1n) is 6.53. The summed E-state index contributed by atoms with van der Waals surface area (Å²) in [5.41, 5.74) is 2.47. The number of rotatable bonds is 2. The third kappa shape index (κ3) is 3.63. The topological polar surface area (TPSA) is 46.0 Å². The Morgan fingerprint density at radius 1 is 0.773 bits per heavy atom. The molecular formula is C17H14Cl2N2O. The molecule has 0 unspecified atom stereocenters. The number of benzene rings is 2. The first kappa shape index (κ1) is 16.4. The maximum atomic E-state index is 7.00. The molecule has 3 rings (SSSR count). The number of aromatic nitrogens is 2. The van der Waals surface area contributed by atoms with Gasteiger partial charge in [0.05, 0.1) is 10.7 Å². The van der Waals surface area contributed by atoms with E-state index in [1.54, 1.807) is 6.20 Å². The minimum absolute atomic E-state index is 0.591. The number of aliphatic hydroxyl groups excluding tert-OH is 1.